The van der Waals surface area contributed by atoms with Gasteiger partial charge in [-0.2, -0.15) is 0 Å². The van der Waals surface area contributed by atoms with Gasteiger partial charge in [-0.15, -0.1) is 0 Å². The zero-order valence-electron chi connectivity index (χ0n) is 11.3. The molecule has 1 aromatic rings. The van der Waals surface area contributed by atoms with Crippen LogP contribution in [0.5, 0.6) is 11.5 Å². The summed E-state index contributed by atoms with van der Waals surface area (Å²) in [5, 5.41) is 9.08. The maximum absolute atomic E-state index is 9.08. The Morgan fingerprint density at radius 3 is 2.22 bits per heavy atom. The first-order chi connectivity index (χ1) is 8.81. The first kappa shape index (κ1) is 14.8. The molecule has 0 saturated heterocycles. The molecule has 4 nitrogen and oxygen atoms in total. The first-order valence-electron chi connectivity index (χ1n) is 6.67. The summed E-state index contributed by atoms with van der Waals surface area (Å²) in [4.78, 5) is 4.11. The Morgan fingerprint density at radius 2 is 1.67 bits per heavy atom. The topological polar surface area (TPSA) is 51.6 Å². The summed E-state index contributed by atoms with van der Waals surface area (Å²) in [6.45, 7) is 5.48. The minimum atomic E-state index is -0.0840. The molecule has 1 rings (SSSR count). The van der Waals surface area contributed by atoms with Crippen LogP contribution < -0.4 is 9.47 Å². The second-order valence-corrected chi connectivity index (χ2v) is 4.18. The lowest BCUT2D eigenvalue weighted by Gasteiger charge is -2.12. The molecule has 4 heteroatoms. The number of rotatable bonds is 9. The van der Waals surface area contributed by atoms with E-state index in [0.717, 1.165) is 25.7 Å². The molecule has 0 fully saturated rings. The Balaban J connectivity index is 2.66. The number of ether oxygens (including phenoxy) is 2. The summed E-state index contributed by atoms with van der Waals surface area (Å²) < 4.78 is 11.3. The fourth-order valence-electron chi connectivity index (χ4n) is 1.43. The number of unbranched alkanes of at least 4 members (excludes halogenated alkanes) is 2. The Bertz CT molecular complexity index is 342. The number of pyridine rings is 1. The molecule has 18 heavy (non-hydrogen) atoms. The van der Waals surface area contributed by atoms with Crippen molar-refractivity contribution in [3.63, 3.8) is 0 Å². The zero-order chi connectivity index (χ0) is 13.2. The van der Waals surface area contributed by atoms with Crippen LogP contribution in [0.4, 0.5) is 0 Å². The molecule has 0 aliphatic heterocycles. The van der Waals surface area contributed by atoms with Gasteiger partial charge in [0.2, 0.25) is 0 Å². The third kappa shape index (κ3) is 4.92. The summed E-state index contributed by atoms with van der Waals surface area (Å²) in [6.07, 6.45) is 5.82. The maximum Gasteiger partial charge on any atom is 0.179 e. The standard InChI is InChI=1S/C14H23NO3/c1-3-5-7-17-13-9-12(11-16)15-10-14(13)18-8-6-4-2/h9-10,16H,3-8,11H2,1-2H3. The van der Waals surface area contributed by atoms with E-state index in [1.54, 1.807) is 12.3 Å². The van der Waals surface area contributed by atoms with Crippen molar-refractivity contribution in [1.29, 1.82) is 0 Å². The quantitative estimate of drug-likeness (QED) is 0.687. The van der Waals surface area contributed by atoms with Gasteiger partial charge in [-0.25, -0.2) is 0 Å². The highest BCUT2D eigenvalue weighted by Gasteiger charge is 2.07. The van der Waals surface area contributed by atoms with Crippen LogP contribution in [0.15, 0.2) is 12.3 Å². The zero-order valence-corrected chi connectivity index (χ0v) is 11.3. The molecule has 0 aliphatic rings. The van der Waals surface area contributed by atoms with Gasteiger partial charge in [-0.05, 0) is 12.8 Å². The Morgan fingerprint density at radius 1 is 1.06 bits per heavy atom. The molecule has 0 unspecified atom stereocenters. The van der Waals surface area contributed by atoms with E-state index in [1.165, 1.54) is 0 Å². The summed E-state index contributed by atoms with van der Waals surface area (Å²) in [6, 6.07) is 1.75. The van der Waals surface area contributed by atoms with Crippen molar-refractivity contribution < 1.29 is 14.6 Å². The number of aliphatic hydroxyl groups is 1. The van der Waals surface area contributed by atoms with Crippen LogP contribution in [0.3, 0.4) is 0 Å². The van der Waals surface area contributed by atoms with Gasteiger partial charge in [-0.3, -0.25) is 4.98 Å². The van der Waals surface area contributed by atoms with Gasteiger partial charge >= 0.3 is 0 Å². The lowest BCUT2D eigenvalue weighted by atomic mass is 10.3. The lowest BCUT2D eigenvalue weighted by Crippen LogP contribution is -2.04. The molecule has 0 aromatic carbocycles. The smallest absolute Gasteiger partial charge is 0.179 e. The molecule has 0 aliphatic carbocycles. The molecule has 0 bridgehead atoms. The second kappa shape index (κ2) is 8.75. The van der Waals surface area contributed by atoms with Crippen molar-refractivity contribution in [2.45, 2.75) is 46.1 Å². The molecular weight excluding hydrogens is 230 g/mol. The number of nitrogens with zero attached hydrogens (tertiary/aromatic N) is 1. The van der Waals surface area contributed by atoms with E-state index in [4.69, 9.17) is 14.6 Å². The van der Waals surface area contributed by atoms with E-state index in [-0.39, 0.29) is 6.61 Å². The Hall–Kier alpha value is -1.29. The third-order valence-corrected chi connectivity index (χ3v) is 2.56. The van der Waals surface area contributed by atoms with E-state index >= 15 is 0 Å². The highest BCUT2D eigenvalue weighted by atomic mass is 16.5. The first-order valence-corrected chi connectivity index (χ1v) is 6.67. The lowest BCUT2D eigenvalue weighted by molar-refractivity contribution is 0.254. The average Bonchev–Trinajstić information content (AvgIpc) is 2.40. The van der Waals surface area contributed by atoms with Crippen LogP contribution in [0.1, 0.15) is 45.2 Å². The van der Waals surface area contributed by atoms with Crippen LogP contribution in [0.2, 0.25) is 0 Å². The van der Waals surface area contributed by atoms with E-state index in [9.17, 15) is 0 Å². The van der Waals surface area contributed by atoms with Crippen LogP contribution in [-0.2, 0) is 6.61 Å². The van der Waals surface area contributed by atoms with Crippen LogP contribution in [-0.4, -0.2) is 23.3 Å². The van der Waals surface area contributed by atoms with Gasteiger partial charge < -0.3 is 14.6 Å². The van der Waals surface area contributed by atoms with E-state index < -0.39 is 0 Å². The maximum atomic E-state index is 9.08. The van der Waals surface area contributed by atoms with E-state index in [0.29, 0.717) is 30.4 Å². The van der Waals surface area contributed by atoms with Crippen molar-refractivity contribution in [2.24, 2.45) is 0 Å². The average molecular weight is 253 g/mol. The predicted molar refractivity (Wildman–Crippen MR) is 71.0 cm³/mol. The molecule has 1 heterocycles. The number of aliphatic hydroxyl groups excluding tert-OH is 1. The normalized spacial score (nSPS) is 10.4. The van der Waals surface area contributed by atoms with Crippen molar-refractivity contribution in [2.75, 3.05) is 13.2 Å². The van der Waals surface area contributed by atoms with Gasteiger partial charge in [0.15, 0.2) is 11.5 Å². The molecular formula is C14H23NO3. The van der Waals surface area contributed by atoms with Crippen LogP contribution >= 0.6 is 0 Å². The summed E-state index contributed by atoms with van der Waals surface area (Å²) in [5.74, 6) is 1.34. The summed E-state index contributed by atoms with van der Waals surface area (Å²) in [7, 11) is 0. The third-order valence-electron chi connectivity index (χ3n) is 2.56. The highest BCUT2D eigenvalue weighted by molar-refractivity contribution is 5.38. The van der Waals surface area contributed by atoms with E-state index in [1.807, 2.05) is 0 Å². The Kier molecular flexibility index (Phi) is 7.18. The number of hydrogen-bond acceptors (Lipinski definition) is 4. The summed E-state index contributed by atoms with van der Waals surface area (Å²) >= 11 is 0. The fraction of sp³-hybridized carbons (Fsp3) is 0.643. The minimum Gasteiger partial charge on any atom is -0.490 e. The Labute approximate surface area is 109 Å². The SMILES string of the molecule is CCCCOc1cnc(CO)cc1OCCCC. The minimum absolute atomic E-state index is 0.0840. The number of aromatic nitrogens is 1. The molecule has 102 valence electrons. The van der Waals surface area contributed by atoms with Gasteiger partial charge in [0, 0.05) is 6.07 Å². The second-order valence-electron chi connectivity index (χ2n) is 4.18. The van der Waals surface area contributed by atoms with Gasteiger partial charge in [0.1, 0.15) is 0 Å². The summed E-state index contributed by atoms with van der Waals surface area (Å²) in [5.41, 5.74) is 0.601. The molecule has 1 aromatic heterocycles. The monoisotopic (exact) mass is 253 g/mol. The van der Waals surface area contributed by atoms with E-state index in [2.05, 4.69) is 18.8 Å². The van der Waals surface area contributed by atoms with Gasteiger partial charge in [0.25, 0.3) is 0 Å². The molecule has 0 spiro atoms. The van der Waals surface area contributed by atoms with Gasteiger partial charge in [-0.1, -0.05) is 26.7 Å². The van der Waals surface area contributed by atoms with Gasteiger partial charge in [0.05, 0.1) is 31.7 Å². The molecule has 1 N–H and O–H groups in total. The predicted octanol–water partition coefficient (Wildman–Crippen LogP) is 2.93. The molecule has 0 atom stereocenters. The van der Waals surface area contributed by atoms with Crippen molar-refractivity contribution >= 4 is 0 Å². The highest BCUT2D eigenvalue weighted by Crippen LogP contribution is 2.27. The molecule has 0 radical (unpaired) electrons. The van der Waals surface area contributed by atoms with Crippen molar-refractivity contribution in [1.82, 2.24) is 4.98 Å². The largest absolute Gasteiger partial charge is 0.490 e. The van der Waals surface area contributed by atoms with Crippen LogP contribution in [0.25, 0.3) is 0 Å². The van der Waals surface area contributed by atoms with Crippen LogP contribution in [0, 0.1) is 0 Å². The molecule has 0 saturated carbocycles. The molecule has 0 amide bonds. The van der Waals surface area contributed by atoms with Crippen molar-refractivity contribution in [3.05, 3.63) is 18.0 Å². The fourth-order valence-corrected chi connectivity index (χ4v) is 1.43. The number of hydrogen-bond donors (Lipinski definition) is 1. The van der Waals surface area contributed by atoms with Crippen molar-refractivity contribution in [3.8, 4) is 11.5 Å².